The van der Waals surface area contributed by atoms with Gasteiger partial charge in [-0.3, -0.25) is 14.3 Å². The number of rotatable bonds is 7. The number of carbonyl (C=O) groups excluding carboxylic acids is 2. The van der Waals surface area contributed by atoms with Crippen molar-refractivity contribution in [1.29, 1.82) is 0 Å². The van der Waals surface area contributed by atoms with E-state index in [0.717, 1.165) is 48.7 Å². The van der Waals surface area contributed by atoms with E-state index in [1.54, 1.807) is 6.07 Å². The predicted molar refractivity (Wildman–Crippen MR) is 112 cm³/mol. The number of hydrogen-bond acceptors (Lipinski definition) is 5. The van der Waals surface area contributed by atoms with E-state index in [1.807, 2.05) is 31.6 Å². The Hall–Kier alpha value is -2.90. The lowest BCUT2D eigenvalue weighted by Crippen LogP contribution is -2.41. The fraction of sp³-hybridized carbons (Fsp3) is 0.524. The molecule has 1 fully saturated rings. The van der Waals surface area contributed by atoms with Crippen LogP contribution in [0.15, 0.2) is 18.3 Å². The zero-order valence-corrected chi connectivity index (χ0v) is 17.4. The number of anilines is 1. The third-order valence-corrected chi connectivity index (χ3v) is 5.72. The zero-order chi connectivity index (χ0) is 21.0. The molecular weight excluding hydrogens is 368 g/mol. The Morgan fingerprint density at radius 1 is 1.31 bits per heavy atom. The van der Waals surface area contributed by atoms with Crippen LogP contribution in [0, 0.1) is 19.8 Å². The zero-order valence-electron chi connectivity index (χ0n) is 17.4. The lowest BCUT2D eigenvalue weighted by molar-refractivity contribution is -0.121. The molecule has 1 aliphatic heterocycles. The van der Waals surface area contributed by atoms with Crippen molar-refractivity contribution in [3.8, 4) is 0 Å². The number of nitrogens with one attached hydrogen (secondary N) is 1. The Balaban J connectivity index is 1.47. The maximum atomic E-state index is 12.3. The molecule has 156 valence electrons. The third kappa shape index (κ3) is 5.13. The van der Waals surface area contributed by atoms with E-state index in [9.17, 15) is 9.59 Å². The Labute approximate surface area is 171 Å². The van der Waals surface area contributed by atoms with E-state index in [-0.39, 0.29) is 5.91 Å². The number of aromatic nitrogens is 3. The summed E-state index contributed by atoms with van der Waals surface area (Å²) in [5.74, 6) is 0.828. The molecule has 0 radical (unpaired) electrons. The molecule has 8 heteroatoms. The second kappa shape index (κ2) is 9.07. The largest absolute Gasteiger partial charge is 0.366 e. The highest BCUT2D eigenvalue weighted by molar-refractivity contribution is 5.92. The van der Waals surface area contributed by atoms with Gasteiger partial charge >= 0.3 is 0 Å². The second-order valence-corrected chi connectivity index (χ2v) is 7.80. The summed E-state index contributed by atoms with van der Waals surface area (Å²) in [7, 11) is 1.93. The minimum Gasteiger partial charge on any atom is -0.366 e. The molecule has 0 aliphatic carbocycles. The number of amides is 2. The van der Waals surface area contributed by atoms with Gasteiger partial charge in [0.15, 0.2) is 0 Å². The number of nitrogens with two attached hydrogens (primary N) is 1. The fourth-order valence-electron chi connectivity index (χ4n) is 3.92. The molecule has 0 saturated carbocycles. The molecule has 1 aliphatic rings. The number of hydrogen-bond donors (Lipinski definition) is 2. The Morgan fingerprint density at radius 3 is 2.72 bits per heavy atom. The lowest BCUT2D eigenvalue weighted by Gasteiger charge is -2.33. The van der Waals surface area contributed by atoms with E-state index >= 15 is 0 Å². The molecule has 1 unspecified atom stereocenters. The molecule has 2 aromatic heterocycles. The molecule has 1 saturated heterocycles. The van der Waals surface area contributed by atoms with Crippen LogP contribution in [-0.2, 0) is 18.3 Å². The summed E-state index contributed by atoms with van der Waals surface area (Å²) in [6.07, 6.45) is 4.83. The van der Waals surface area contributed by atoms with E-state index in [1.165, 1.54) is 6.20 Å². The number of piperidine rings is 1. The minimum atomic E-state index is -0.472. The first-order valence-electron chi connectivity index (χ1n) is 10.1. The van der Waals surface area contributed by atoms with E-state index in [4.69, 9.17) is 5.73 Å². The average Bonchev–Trinajstić information content (AvgIpc) is 2.96. The van der Waals surface area contributed by atoms with Crippen molar-refractivity contribution in [3.63, 3.8) is 0 Å². The van der Waals surface area contributed by atoms with Gasteiger partial charge < -0.3 is 16.0 Å². The maximum absolute atomic E-state index is 12.3. The van der Waals surface area contributed by atoms with Gasteiger partial charge in [-0.2, -0.15) is 5.10 Å². The van der Waals surface area contributed by atoms with Gasteiger partial charge in [-0.15, -0.1) is 0 Å². The third-order valence-electron chi connectivity index (χ3n) is 5.72. The van der Waals surface area contributed by atoms with Crippen molar-refractivity contribution in [2.24, 2.45) is 18.7 Å². The van der Waals surface area contributed by atoms with Crippen LogP contribution in [-0.4, -0.2) is 46.2 Å². The maximum Gasteiger partial charge on any atom is 0.250 e. The number of carbonyl (C=O) groups is 2. The molecule has 1 atom stereocenters. The van der Waals surface area contributed by atoms with Crippen molar-refractivity contribution in [1.82, 2.24) is 20.1 Å². The van der Waals surface area contributed by atoms with Crippen molar-refractivity contribution in [2.45, 2.75) is 39.5 Å². The Morgan fingerprint density at radius 2 is 2.10 bits per heavy atom. The summed E-state index contributed by atoms with van der Waals surface area (Å²) < 4.78 is 1.86. The van der Waals surface area contributed by atoms with Crippen molar-refractivity contribution < 1.29 is 9.59 Å². The monoisotopic (exact) mass is 398 g/mol. The van der Waals surface area contributed by atoms with Gasteiger partial charge in [0.2, 0.25) is 11.8 Å². The molecule has 0 spiro atoms. The van der Waals surface area contributed by atoms with Crippen molar-refractivity contribution in [3.05, 3.63) is 40.8 Å². The van der Waals surface area contributed by atoms with Crippen LogP contribution >= 0.6 is 0 Å². The summed E-state index contributed by atoms with van der Waals surface area (Å²) in [4.78, 5) is 30.1. The summed E-state index contributed by atoms with van der Waals surface area (Å²) in [6.45, 7) is 6.45. The normalized spacial score (nSPS) is 16.7. The standard InChI is InChI=1S/C21H30N6O2/c1-14-18(15(2)26(3)25-14)7-9-20(28)24-11-16-5-4-10-27(13-16)19-8-6-17(12-23-19)21(22)29/h6,8,12,16H,4-5,7,9-11,13H2,1-3H3,(H2,22,29)(H,24,28). The molecule has 3 heterocycles. The molecule has 29 heavy (non-hydrogen) atoms. The molecule has 2 amide bonds. The van der Waals surface area contributed by atoms with Gasteiger partial charge in [-0.25, -0.2) is 4.98 Å². The average molecular weight is 399 g/mol. The number of nitrogens with zero attached hydrogens (tertiary/aromatic N) is 4. The summed E-state index contributed by atoms with van der Waals surface area (Å²) in [5.41, 5.74) is 8.96. The van der Waals surface area contributed by atoms with E-state index < -0.39 is 5.91 Å². The molecule has 2 aromatic rings. The van der Waals surface area contributed by atoms with Gasteiger partial charge in [0.1, 0.15) is 5.82 Å². The van der Waals surface area contributed by atoms with E-state index in [2.05, 4.69) is 20.3 Å². The highest BCUT2D eigenvalue weighted by Crippen LogP contribution is 2.21. The quantitative estimate of drug-likeness (QED) is 0.735. The summed E-state index contributed by atoms with van der Waals surface area (Å²) in [5, 5.41) is 7.50. The topological polar surface area (TPSA) is 106 Å². The first-order chi connectivity index (χ1) is 13.8. The Kier molecular flexibility index (Phi) is 6.51. The Bertz CT molecular complexity index is 874. The highest BCUT2D eigenvalue weighted by atomic mass is 16.1. The predicted octanol–water partition coefficient (Wildman–Crippen LogP) is 1.50. The van der Waals surface area contributed by atoms with Gasteiger partial charge in [0.05, 0.1) is 11.3 Å². The smallest absolute Gasteiger partial charge is 0.250 e. The molecule has 0 aromatic carbocycles. The highest BCUT2D eigenvalue weighted by Gasteiger charge is 2.22. The molecule has 3 rings (SSSR count). The second-order valence-electron chi connectivity index (χ2n) is 7.80. The SMILES string of the molecule is Cc1nn(C)c(C)c1CCC(=O)NCC1CCCN(c2ccc(C(N)=O)cn2)C1. The molecule has 8 nitrogen and oxygen atoms in total. The van der Waals surface area contributed by atoms with Gasteiger partial charge in [-0.05, 0) is 56.7 Å². The van der Waals surface area contributed by atoms with Crippen LogP contribution in [0.25, 0.3) is 0 Å². The molecule has 0 bridgehead atoms. The van der Waals surface area contributed by atoms with Gasteiger partial charge in [0, 0.05) is 45.0 Å². The van der Waals surface area contributed by atoms with Crippen LogP contribution in [0.3, 0.4) is 0 Å². The number of pyridine rings is 1. The lowest BCUT2D eigenvalue weighted by atomic mass is 9.97. The summed E-state index contributed by atoms with van der Waals surface area (Å²) in [6, 6.07) is 3.54. The van der Waals surface area contributed by atoms with Gasteiger partial charge in [0.25, 0.3) is 0 Å². The van der Waals surface area contributed by atoms with Crippen molar-refractivity contribution >= 4 is 17.6 Å². The van der Waals surface area contributed by atoms with Crippen LogP contribution in [0.4, 0.5) is 5.82 Å². The summed E-state index contributed by atoms with van der Waals surface area (Å²) >= 11 is 0. The van der Waals surface area contributed by atoms with Crippen LogP contribution < -0.4 is 16.0 Å². The van der Waals surface area contributed by atoms with Crippen LogP contribution in [0.5, 0.6) is 0 Å². The first kappa shape index (κ1) is 20.8. The molecule has 3 N–H and O–H groups in total. The minimum absolute atomic E-state index is 0.0775. The number of aryl methyl sites for hydroxylation is 2. The van der Waals surface area contributed by atoms with Crippen molar-refractivity contribution in [2.75, 3.05) is 24.5 Å². The fourth-order valence-corrected chi connectivity index (χ4v) is 3.92. The van der Waals surface area contributed by atoms with Crippen LogP contribution in [0.2, 0.25) is 0 Å². The first-order valence-corrected chi connectivity index (χ1v) is 10.1. The van der Waals surface area contributed by atoms with Crippen LogP contribution in [0.1, 0.15) is 46.6 Å². The van der Waals surface area contributed by atoms with Gasteiger partial charge in [-0.1, -0.05) is 0 Å². The molecular formula is C21H30N6O2. The van der Waals surface area contributed by atoms with E-state index in [0.29, 0.717) is 30.9 Å². The number of primary amides is 1.